The normalized spacial score (nSPS) is 10.5. The highest BCUT2D eigenvalue weighted by atomic mass is 16.5. The number of ether oxygens (including phenoxy) is 2. The van der Waals surface area contributed by atoms with Gasteiger partial charge in [-0.1, -0.05) is 12.1 Å². The maximum Gasteiger partial charge on any atom is 0.256 e. The smallest absolute Gasteiger partial charge is 0.256 e. The summed E-state index contributed by atoms with van der Waals surface area (Å²) < 4.78 is 11.0. The lowest BCUT2D eigenvalue weighted by atomic mass is 10.0. The summed E-state index contributed by atoms with van der Waals surface area (Å²) >= 11 is 0. The van der Waals surface area contributed by atoms with Gasteiger partial charge in [0.2, 0.25) is 11.8 Å². The van der Waals surface area contributed by atoms with Crippen LogP contribution in [0.5, 0.6) is 17.4 Å². The predicted molar refractivity (Wildman–Crippen MR) is 117 cm³/mol. The summed E-state index contributed by atoms with van der Waals surface area (Å²) in [6.45, 7) is 0. The molecule has 0 saturated carbocycles. The second-order valence-corrected chi connectivity index (χ2v) is 6.44. The van der Waals surface area contributed by atoms with Crippen LogP contribution in [0.2, 0.25) is 0 Å². The summed E-state index contributed by atoms with van der Waals surface area (Å²) in [4.78, 5) is 21.2. The number of methoxy groups -OCH3 is 1. The van der Waals surface area contributed by atoms with Crippen LogP contribution < -0.4 is 20.1 Å². The fourth-order valence-electron chi connectivity index (χ4n) is 3.04. The van der Waals surface area contributed by atoms with E-state index in [9.17, 15) is 4.79 Å². The number of amides is 1. The van der Waals surface area contributed by atoms with E-state index in [-0.39, 0.29) is 5.91 Å². The molecule has 150 valence electrons. The van der Waals surface area contributed by atoms with Crippen LogP contribution in [0.25, 0.3) is 10.8 Å². The van der Waals surface area contributed by atoms with Gasteiger partial charge in [0.15, 0.2) is 0 Å². The summed E-state index contributed by atoms with van der Waals surface area (Å²) in [6, 6.07) is 20.0. The number of anilines is 2. The number of nitrogens with zero attached hydrogens (tertiary/aromatic N) is 2. The Kier molecular flexibility index (Phi) is 5.43. The number of fused-ring (bicyclic) bond motifs is 1. The van der Waals surface area contributed by atoms with E-state index >= 15 is 0 Å². The fourth-order valence-corrected chi connectivity index (χ4v) is 3.04. The first kappa shape index (κ1) is 19.2. The predicted octanol–water partition coefficient (Wildman–Crippen LogP) is 4.72. The molecule has 0 atom stereocenters. The van der Waals surface area contributed by atoms with Crippen molar-refractivity contribution in [3.8, 4) is 17.4 Å². The largest absolute Gasteiger partial charge is 0.497 e. The van der Waals surface area contributed by atoms with Crippen molar-refractivity contribution in [2.45, 2.75) is 0 Å². The average Bonchev–Trinajstić information content (AvgIpc) is 2.79. The van der Waals surface area contributed by atoms with Crippen LogP contribution in [0.3, 0.4) is 0 Å². The SMILES string of the molecule is CNc1nccc(Oc2ccc3c(C(=O)Nc4ccc(OC)cc4)cccc3c2)n1. The highest BCUT2D eigenvalue weighted by molar-refractivity contribution is 6.13. The molecule has 0 fully saturated rings. The molecule has 1 heterocycles. The molecule has 3 aromatic carbocycles. The van der Waals surface area contributed by atoms with Crippen LogP contribution in [0.4, 0.5) is 11.6 Å². The van der Waals surface area contributed by atoms with Crippen LogP contribution in [0.15, 0.2) is 72.9 Å². The second kappa shape index (κ2) is 8.48. The van der Waals surface area contributed by atoms with Crippen molar-refractivity contribution in [2.75, 3.05) is 24.8 Å². The minimum Gasteiger partial charge on any atom is -0.497 e. The molecule has 0 aliphatic rings. The van der Waals surface area contributed by atoms with Crippen LogP contribution >= 0.6 is 0 Å². The van der Waals surface area contributed by atoms with Crippen molar-refractivity contribution >= 4 is 28.3 Å². The molecule has 0 saturated heterocycles. The van der Waals surface area contributed by atoms with E-state index in [1.54, 1.807) is 56.8 Å². The molecule has 0 spiro atoms. The molecule has 7 heteroatoms. The number of carbonyl (C=O) groups excluding carboxylic acids is 1. The standard InChI is InChI=1S/C23H20N4O3/c1-24-23-25-13-12-21(27-23)30-18-10-11-19-15(14-18)4-3-5-20(19)22(28)26-16-6-8-17(29-2)9-7-16/h3-14H,1-2H3,(H,26,28)(H,24,25,27). The van der Waals surface area contributed by atoms with Crippen molar-refractivity contribution in [3.63, 3.8) is 0 Å². The third-order valence-electron chi connectivity index (χ3n) is 4.52. The van der Waals surface area contributed by atoms with Gasteiger partial charge in [-0.15, -0.1) is 0 Å². The summed E-state index contributed by atoms with van der Waals surface area (Å²) in [6.07, 6.45) is 1.62. The monoisotopic (exact) mass is 400 g/mol. The van der Waals surface area contributed by atoms with Crippen LogP contribution in [0.1, 0.15) is 10.4 Å². The van der Waals surface area contributed by atoms with Gasteiger partial charge in [0.05, 0.1) is 7.11 Å². The molecule has 7 nitrogen and oxygen atoms in total. The zero-order chi connectivity index (χ0) is 20.9. The van der Waals surface area contributed by atoms with Gasteiger partial charge in [-0.05, 0) is 59.3 Å². The summed E-state index contributed by atoms with van der Waals surface area (Å²) in [7, 11) is 3.35. The molecule has 0 radical (unpaired) electrons. The molecule has 0 aliphatic carbocycles. The molecule has 4 aromatic rings. The van der Waals surface area contributed by atoms with Gasteiger partial charge in [-0.25, -0.2) is 4.98 Å². The van der Waals surface area contributed by atoms with Gasteiger partial charge in [0, 0.05) is 30.6 Å². The first-order chi connectivity index (χ1) is 14.7. The van der Waals surface area contributed by atoms with Crippen molar-refractivity contribution in [2.24, 2.45) is 0 Å². The van der Waals surface area contributed by atoms with Gasteiger partial charge < -0.3 is 20.1 Å². The topological polar surface area (TPSA) is 85.4 Å². The van der Waals surface area contributed by atoms with E-state index in [1.807, 2.05) is 30.3 Å². The number of carbonyl (C=O) groups is 1. The average molecular weight is 400 g/mol. The highest BCUT2D eigenvalue weighted by Gasteiger charge is 2.11. The zero-order valence-electron chi connectivity index (χ0n) is 16.5. The first-order valence-corrected chi connectivity index (χ1v) is 9.33. The Morgan fingerprint density at radius 2 is 1.77 bits per heavy atom. The van der Waals surface area contributed by atoms with Crippen molar-refractivity contribution < 1.29 is 14.3 Å². The summed E-state index contributed by atoms with van der Waals surface area (Å²) in [5.74, 6) is 2.08. The van der Waals surface area contributed by atoms with Crippen LogP contribution in [-0.4, -0.2) is 30.0 Å². The molecule has 0 bridgehead atoms. The van der Waals surface area contributed by atoms with Crippen LogP contribution in [-0.2, 0) is 0 Å². The van der Waals surface area contributed by atoms with Gasteiger partial charge >= 0.3 is 0 Å². The van der Waals surface area contributed by atoms with E-state index in [2.05, 4.69) is 20.6 Å². The van der Waals surface area contributed by atoms with Gasteiger partial charge in [-0.3, -0.25) is 4.79 Å². The van der Waals surface area contributed by atoms with Crippen molar-refractivity contribution in [1.82, 2.24) is 9.97 Å². The number of benzene rings is 3. The summed E-state index contributed by atoms with van der Waals surface area (Å²) in [5.41, 5.74) is 1.27. The molecular formula is C23H20N4O3. The Labute approximate surface area is 173 Å². The van der Waals surface area contributed by atoms with E-state index < -0.39 is 0 Å². The third-order valence-corrected chi connectivity index (χ3v) is 4.52. The summed E-state index contributed by atoms with van der Waals surface area (Å²) in [5, 5.41) is 7.51. The maximum absolute atomic E-state index is 12.8. The third kappa shape index (κ3) is 4.15. The minimum absolute atomic E-state index is 0.186. The second-order valence-electron chi connectivity index (χ2n) is 6.44. The first-order valence-electron chi connectivity index (χ1n) is 9.33. The van der Waals surface area contributed by atoms with E-state index in [0.717, 1.165) is 16.5 Å². The molecule has 2 N–H and O–H groups in total. The number of rotatable bonds is 6. The lowest BCUT2D eigenvalue weighted by Crippen LogP contribution is -2.12. The van der Waals surface area contributed by atoms with E-state index in [1.165, 1.54) is 0 Å². The molecular weight excluding hydrogens is 380 g/mol. The number of hydrogen-bond donors (Lipinski definition) is 2. The van der Waals surface area contributed by atoms with Gasteiger partial charge in [0.1, 0.15) is 11.5 Å². The Morgan fingerprint density at radius 1 is 0.967 bits per heavy atom. The number of nitrogens with one attached hydrogen (secondary N) is 2. The quantitative estimate of drug-likeness (QED) is 0.487. The molecule has 30 heavy (non-hydrogen) atoms. The molecule has 4 rings (SSSR count). The fraction of sp³-hybridized carbons (Fsp3) is 0.0870. The van der Waals surface area contributed by atoms with Crippen molar-refractivity contribution in [3.05, 3.63) is 78.5 Å². The lowest BCUT2D eigenvalue weighted by molar-refractivity contribution is 0.102. The highest BCUT2D eigenvalue weighted by Crippen LogP contribution is 2.27. The molecule has 1 amide bonds. The molecule has 1 aromatic heterocycles. The van der Waals surface area contributed by atoms with Gasteiger partial charge in [-0.2, -0.15) is 4.98 Å². The Bertz CT molecular complexity index is 1190. The van der Waals surface area contributed by atoms with Crippen LogP contribution in [0, 0.1) is 0 Å². The number of hydrogen-bond acceptors (Lipinski definition) is 6. The van der Waals surface area contributed by atoms with E-state index in [4.69, 9.17) is 9.47 Å². The Hall–Kier alpha value is -4.13. The maximum atomic E-state index is 12.8. The van der Waals surface area contributed by atoms with Gasteiger partial charge in [0.25, 0.3) is 5.91 Å². The lowest BCUT2D eigenvalue weighted by Gasteiger charge is -2.10. The zero-order valence-corrected chi connectivity index (χ0v) is 16.5. The van der Waals surface area contributed by atoms with E-state index in [0.29, 0.717) is 28.8 Å². The Balaban J connectivity index is 1.58. The van der Waals surface area contributed by atoms with Crippen molar-refractivity contribution in [1.29, 1.82) is 0 Å². The number of aromatic nitrogens is 2. The molecule has 0 aliphatic heterocycles. The minimum atomic E-state index is -0.186. The molecule has 0 unspecified atom stereocenters. The Morgan fingerprint density at radius 3 is 2.53 bits per heavy atom.